The molecule has 0 aliphatic heterocycles. The quantitative estimate of drug-likeness (QED) is 0.578. The first-order valence-corrected chi connectivity index (χ1v) is 6.41. The van der Waals surface area contributed by atoms with Crippen molar-refractivity contribution in [2.75, 3.05) is 5.33 Å². The van der Waals surface area contributed by atoms with Crippen LogP contribution in [0.25, 0.3) is 0 Å². The van der Waals surface area contributed by atoms with Gasteiger partial charge in [-0.1, -0.05) is 22.0 Å². The normalized spacial score (nSPS) is 12.4. The average molecular weight is 305 g/mol. The Balaban J connectivity index is 2.93. The zero-order valence-electron chi connectivity index (χ0n) is 8.56. The van der Waals surface area contributed by atoms with E-state index in [0.717, 1.165) is 23.7 Å². The average Bonchev–Trinajstić information content (AvgIpc) is 2.24. The Morgan fingerprint density at radius 2 is 2.12 bits per heavy atom. The summed E-state index contributed by atoms with van der Waals surface area (Å²) in [5.41, 5.74) is 1.37. The minimum atomic E-state index is -1.48. The summed E-state index contributed by atoms with van der Waals surface area (Å²) >= 11 is 7.53. The van der Waals surface area contributed by atoms with E-state index in [2.05, 4.69) is 28.6 Å². The van der Waals surface area contributed by atoms with Gasteiger partial charge in [0.15, 0.2) is 6.10 Å². The van der Waals surface area contributed by atoms with Crippen LogP contribution >= 0.6 is 28.6 Å². The highest BCUT2D eigenvalue weighted by molar-refractivity contribution is 9.09. The molecule has 1 aromatic carbocycles. The monoisotopic (exact) mass is 304 g/mol. The number of alkyl halides is 1. The fourth-order valence-corrected chi connectivity index (χ4v) is 2.01. The summed E-state index contributed by atoms with van der Waals surface area (Å²) < 4.78 is 0. The van der Waals surface area contributed by atoms with Crippen LogP contribution in [0.3, 0.4) is 0 Å². The van der Waals surface area contributed by atoms with Gasteiger partial charge in [0.1, 0.15) is 0 Å². The van der Waals surface area contributed by atoms with Crippen molar-refractivity contribution in [3.63, 3.8) is 0 Å². The number of benzene rings is 1. The molecular formula is C11H13BrO3S. The fourth-order valence-electron chi connectivity index (χ4n) is 1.42. The maximum absolute atomic E-state index is 10.7. The molecule has 88 valence electrons. The molecule has 2 N–H and O–H groups in total. The smallest absolute Gasteiger partial charge is 0.337 e. The zero-order valence-corrected chi connectivity index (χ0v) is 11.0. The van der Waals surface area contributed by atoms with Crippen molar-refractivity contribution in [3.8, 4) is 0 Å². The molecule has 0 saturated heterocycles. The fraction of sp³-hybridized carbons (Fsp3) is 0.364. The molecule has 0 bridgehead atoms. The minimum absolute atomic E-state index is 0.379. The number of carboxylic acids is 1. The molecule has 1 unspecified atom stereocenters. The molecule has 0 aliphatic rings. The van der Waals surface area contributed by atoms with Gasteiger partial charge in [-0.3, -0.25) is 0 Å². The maximum atomic E-state index is 10.7. The van der Waals surface area contributed by atoms with Gasteiger partial charge in [-0.05, 0) is 36.1 Å². The maximum Gasteiger partial charge on any atom is 0.337 e. The number of aliphatic carboxylic acids is 1. The number of carboxylic acid groups (broad SMARTS) is 1. The van der Waals surface area contributed by atoms with E-state index >= 15 is 0 Å². The van der Waals surface area contributed by atoms with E-state index in [0.29, 0.717) is 10.5 Å². The molecule has 3 nitrogen and oxygen atoms in total. The van der Waals surface area contributed by atoms with E-state index in [1.165, 1.54) is 0 Å². The van der Waals surface area contributed by atoms with Gasteiger partial charge >= 0.3 is 5.97 Å². The highest BCUT2D eigenvalue weighted by Gasteiger charge is 2.16. The molecule has 0 radical (unpaired) electrons. The summed E-state index contributed by atoms with van der Waals surface area (Å²) in [6, 6.07) is 5.16. The van der Waals surface area contributed by atoms with Crippen LogP contribution in [0, 0.1) is 0 Å². The van der Waals surface area contributed by atoms with Crippen molar-refractivity contribution in [1.82, 2.24) is 0 Å². The molecule has 0 heterocycles. The van der Waals surface area contributed by atoms with E-state index < -0.39 is 12.1 Å². The zero-order chi connectivity index (χ0) is 12.1. The topological polar surface area (TPSA) is 57.5 Å². The number of halogens is 1. The van der Waals surface area contributed by atoms with Crippen molar-refractivity contribution >= 4 is 34.5 Å². The Kier molecular flexibility index (Phi) is 5.31. The van der Waals surface area contributed by atoms with E-state index in [1.54, 1.807) is 12.1 Å². The lowest BCUT2D eigenvalue weighted by Gasteiger charge is -2.09. The Morgan fingerprint density at radius 1 is 1.44 bits per heavy atom. The van der Waals surface area contributed by atoms with Crippen molar-refractivity contribution < 1.29 is 15.0 Å². The first kappa shape index (κ1) is 13.5. The summed E-state index contributed by atoms with van der Waals surface area (Å²) in [6.07, 6.45) is 0.313. The molecule has 1 aromatic rings. The summed E-state index contributed by atoms with van der Waals surface area (Å²) in [6.45, 7) is 0. The first-order chi connectivity index (χ1) is 7.54. The third kappa shape index (κ3) is 3.81. The van der Waals surface area contributed by atoms with Crippen LogP contribution in [0.1, 0.15) is 23.7 Å². The highest BCUT2D eigenvalue weighted by atomic mass is 79.9. The lowest BCUT2D eigenvalue weighted by Crippen LogP contribution is -2.10. The Bertz CT molecular complexity index is 381. The van der Waals surface area contributed by atoms with E-state index in [-0.39, 0.29) is 0 Å². The van der Waals surface area contributed by atoms with Crippen LogP contribution in [0.5, 0.6) is 0 Å². The van der Waals surface area contributed by atoms with Gasteiger partial charge < -0.3 is 10.2 Å². The van der Waals surface area contributed by atoms with Gasteiger partial charge in [0.05, 0.1) is 0 Å². The first-order valence-electron chi connectivity index (χ1n) is 4.84. The lowest BCUT2D eigenvalue weighted by atomic mass is 10.0. The van der Waals surface area contributed by atoms with Crippen LogP contribution < -0.4 is 0 Å². The predicted molar refractivity (Wildman–Crippen MR) is 68.4 cm³/mol. The molecule has 0 fully saturated rings. The standard InChI is InChI=1S/C11H13BrO3S/c12-3-1-2-7-4-8(6-9(16)5-7)10(13)11(14)15/h4-6,10,13,16H,1-3H2,(H,14,15). The molecule has 0 aromatic heterocycles. The van der Waals surface area contributed by atoms with Crippen molar-refractivity contribution in [3.05, 3.63) is 29.3 Å². The van der Waals surface area contributed by atoms with Crippen LogP contribution in [0.2, 0.25) is 0 Å². The number of hydrogen-bond acceptors (Lipinski definition) is 3. The second-order valence-corrected chi connectivity index (χ2v) is 4.78. The second kappa shape index (κ2) is 6.27. The molecule has 1 rings (SSSR count). The predicted octanol–water partition coefficient (Wildman–Crippen LogP) is 2.42. The van der Waals surface area contributed by atoms with Crippen LogP contribution in [-0.4, -0.2) is 21.5 Å². The summed E-state index contributed by atoms with van der Waals surface area (Å²) in [4.78, 5) is 11.3. The summed E-state index contributed by atoms with van der Waals surface area (Å²) in [7, 11) is 0. The van der Waals surface area contributed by atoms with Crippen molar-refractivity contribution in [2.45, 2.75) is 23.8 Å². The number of rotatable bonds is 5. The van der Waals surface area contributed by atoms with Gasteiger partial charge in [-0.25, -0.2) is 4.79 Å². The highest BCUT2D eigenvalue weighted by Crippen LogP contribution is 2.21. The molecular weight excluding hydrogens is 292 g/mol. The van der Waals surface area contributed by atoms with Crippen LogP contribution in [0.4, 0.5) is 0 Å². The second-order valence-electron chi connectivity index (χ2n) is 3.47. The van der Waals surface area contributed by atoms with Crippen molar-refractivity contribution in [2.24, 2.45) is 0 Å². The van der Waals surface area contributed by atoms with E-state index in [4.69, 9.17) is 5.11 Å². The third-order valence-corrected chi connectivity index (χ3v) is 2.97. The number of carbonyl (C=O) groups is 1. The van der Waals surface area contributed by atoms with Crippen LogP contribution in [0.15, 0.2) is 23.1 Å². The SMILES string of the molecule is O=C(O)C(O)c1cc(S)cc(CCCBr)c1. The van der Waals surface area contributed by atoms with Gasteiger partial charge in [0.25, 0.3) is 0 Å². The van der Waals surface area contributed by atoms with Gasteiger partial charge in [-0.15, -0.1) is 12.6 Å². The van der Waals surface area contributed by atoms with E-state index in [9.17, 15) is 9.90 Å². The number of aryl methyl sites for hydroxylation is 1. The van der Waals surface area contributed by atoms with Gasteiger partial charge in [0, 0.05) is 10.2 Å². The molecule has 0 spiro atoms. The van der Waals surface area contributed by atoms with Crippen molar-refractivity contribution in [1.29, 1.82) is 0 Å². The molecule has 5 heteroatoms. The molecule has 0 aliphatic carbocycles. The largest absolute Gasteiger partial charge is 0.479 e. The minimum Gasteiger partial charge on any atom is -0.479 e. The Hall–Kier alpha value is -0.520. The van der Waals surface area contributed by atoms with Gasteiger partial charge in [0.2, 0.25) is 0 Å². The molecule has 1 atom stereocenters. The number of aliphatic hydroxyl groups is 1. The molecule has 0 amide bonds. The number of hydrogen-bond donors (Lipinski definition) is 3. The molecule has 16 heavy (non-hydrogen) atoms. The van der Waals surface area contributed by atoms with Crippen LogP contribution in [-0.2, 0) is 11.2 Å². The third-order valence-electron chi connectivity index (χ3n) is 2.15. The number of aliphatic hydroxyl groups excluding tert-OH is 1. The Labute approximate surface area is 108 Å². The summed E-state index contributed by atoms with van der Waals surface area (Å²) in [5.74, 6) is -1.25. The molecule has 0 saturated carbocycles. The lowest BCUT2D eigenvalue weighted by molar-refractivity contribution is -0.146. The van der Waals surface area contributed by atoms with Gasteiger partial charge in [-0.2, -0.15) is 0 Å². The summed E-state index contributed by atoms with van der Waals surface area (Å²) in [5, 5.41) is 19.0. The Morgan fingerprint density at radius 3 is 2.69 bits per heavy atom. The van der Waals surface area contributed by atoms with E-state index in [1.807, 2.05) is 6.07 Å². The number of thiol groups is 1.